The van der Waals surface area contributed by atoms with Crippen molar-refractivity contribution >= 4 is 5.57 Å². The van der Waals surface area contributed by atoms with Crippen molar-refractivity contribution < 1.29 is 19.3 Å². The van der Waals surface area contributed by atoms with Crippen molar-refractivity contribution in [3.63, 3.8) is 0 Å². The Morgan fingerprint density at radius 1 is 0.750 bits per heavy atom. The second kappa shape index (κ2) is 9.11. The molecule has 0 heterocycles. The van der Waals surface area contributed by atoms with Gasteiger partial charge in [0.05, 0.1) is 20.8 Å². The molecule has 28 heavy (non-hydrogen) atoms. The summed E-state index contributed by atoms with van der Waals surface area (Å²) in [5.41, 5.74) is 3.97. The second-order valence-electron chi connectivity index (χ2n) is 6.43. The highest BCUT2D eigenvalue weighted by Crippen LogP contribution is 2.28. The first-order chi connectivity index (χ1) is 13.6. The summed E-state index contributed by atoms with van der Waals surface area (Å²) in [5.74, 6) is 3.00. The van der Waals surface area contributed by atoms with Crippen LogP contribution in [0.5, 0.6) is 23.0 Å². The Kier molecular flexibility index (Phi) is 6.35. The minimum Gasteiger partial charge on any atom is -0.497 e. The van der Waals surface area contributed by atoms with Crippen molar-refractivity contribution in [3.8, 4) is 23.0 Å². The third-order valence-electron chi connectivity index (χ3n) is 4.43. The minimum atomic E-state index is 0.0241. The van der Waals surface area contributed by atoms with Gasteiger partial charge in [-0.05, 0) is 65.1 Å². The molecule has 0 spiro atoms. The molecule has 0 aliphatic rings. The van der Waals surface area contributed by atoms with Crippen molar-refractivity contribution in [2.45, 2.75) is 13.0 Å². The van der Waals surface area contributed by atoms with Gasteiger partial charge in [-0.25, -0.2) is 0 Å². The van der Waals surface area contributed by atoms with Crippen molar-refractivity contribution in [1.29, 1.82) is 0 Å². The molecule has 3 aromatic rings. The maximum Gasteiger partial charge on any atom is 0.127 e. The Bertz CT molecular complexity index is 906. The van der Waals surface area contributed by atoms with Gasteiger partial charge in [0, 0.05) is 6.07 Å². The predicted molar refractivity (Wildman–Crippen MR) is 111 cm³/mol. The minimum absolute atomic E-state index is 0.0241. The summed E-state index contributed by atoms with van der Waals surface area (Å²) >= 11 is 0. The van der Waals surface area contributed by atoms with Gasteiger partial charge in [0.25, 0.3) is 0 Å². The Morgan fingerprint density at radius 2 is 1.29 bits per heavy atom. The van der Waals surface area contributed by atoms with Gasteiger partial charge < -0.3 is 19.3 Å². The predicted octanol–water partition coefficient (Wildman–Crippen LogP) is 5.24. The number of hydrogen-bond donors (Lipinski definition) is 1. The van der Waals surface area contributed by atoms with Crippen LogP contribution in [0.15, 0.2) is 73.3 Å². The number of benzene rings is 3. The van der Waals surface area contributed by atoms with Crippen molar-refractivity contribution in [2.24, 2.45) is 0 Å². The number of rotatable bonds is 8. The molecule has 0 aliphatic carbocycles. The quantitative estimate of drug-likeness (QED) is 0.584. The topological polar surface area (TPSA) is 47.9 Å². The molecule has 3 rings (SSSR count). The van der Waals surface area contributed by atoms with Crippen LogP contribution in [0.3, 0.4) is 0 Å². The van der Waals surface area contributed by atoms with Gasteiger partial charge in [-0.15, -0.1) is 0 Å². The van der Waals surface area contributed by atoms with E-state index in [1.54, 1.807) is 14.2 Å². The lowest BCUT2D eigenvalue weighted by Gasteiger charge is -2.11. The first-order valence-electron chi connectivity index (χ1n) is 8.99. The molecule has 4 nitrogen and oxygen atoms in total. The zero-order valence-electron chi connectivity index (χ0n) is 16.1. The normalized spacial score (nSPS) is 10.4. The lowest BCUT2D eigenvalue weighted by Crippen LogP contribution is -1.94. The van der Waals surface area contributed by atoms with E-state index in [9.17, 15) is 0 Å². The molecule has 0 unspecified atom stereocenters. The molecular formula is C24H24O4. The summed E-state index contributed by atoms with van der Waals surface area (Å²) in [6.07, 6.45) is 0.691. The number of aliphatic hydroxyl groups excluding tert-OH is 1. The average Bonchev–Trinajstić information content (AvgIpc) is 2.74. The largest absolute Gasteiger partial charge is 0.497 e. The molecule has 3 aromatic carbocycles. The van der Waals surface area contributed by atoms with E-state index in [1.807, 2.05) is 66.7 Å². The molecular weight excluding hydrogens is 352 g/mol. The van der Waals surface area contributed by atoms with Gasteiger partial charge >= 0.3 is 0 Å². The van der Waals surface area contributed by atoms with Crippen LogP contribution in [0.25, 0.3) is 5.57 Å². The fourth-order valence-corrected chi connectivity index (χ4v) is 2.87. The number of ether oxygens (including phenoxy) is 3. The molecule has 1 N–H and O–H groups in total. The van der Waals surface area contributed by atoms with Crippen LogP contribution in [0.1, 0.15) is 16.7 Å². The second-order valence-corrected chi connectivity index (χ2v) is 6.43. The van der Waals surface area contributed by atoms with Crippen LogP contribution in [-0.4, -0.2) is 19.3 Å². The lowest BCUT2D eigenvalue weighted by atomic mass is 9.99. The zero-order chi connectivity index (χ0) is 19.9. The van der Waals surface area contributed by atoms with E-state index in [-0.39, 0.29) is 6.61 Å². The van der Waals surface area contributed by atoms with Gasteiger partial charge in [0.2, 0.25) is 0 Å². The summed E-state index contributed by atoms with van der Waals surface area (Å²) in [6.45, 7) is 4.24. The SMILES string of the molecule is C=C(Cc1cc(OC)cc(OC)c1)c1ccc(Oc2ccc(CO)cc2)cc1. The first-order valence-corrected chi connectivity index (χ1v) is 8.99. The Balaban J connectivity index is 1.68. The highest BCUT2D eigenvalue weighted by molar-refractivity contribution is 5.66. The highest BCUT2D eigenvalue weighted by atomic mass is 16.5. The van der Waals surface area contributed by atoms with E-state index in [0.29, 0.717) is 6.42 Å². The lowest BCUT2D eigenvalue weighted by molar-refractivity contribution is 0.281. The van der Waals surface area contributed by atoms with E-state index in [0.717, 1.165) is 45.3 Å². The average molecular weight is 376 g/mol. The number of methoxy groups -OCH3 is 2. The van der Waals surface area contributed by atoms with Crippen LogP contribution in [0.4, 0.5) is 0 Å². The maximum atomic E-state index is 9.10. The number of hydrogen-bond acceptors (Lipinski definition) is 4. The molecule has 0 radical (unpaired) electrons. The molecule has 0 saturated heterocycles. The molecule has 0 aromatic heterocycles. The smallest absolute Gasteiger partial charge is 0.127 e. The third-order valence-corrected chi connectivity index (χ3v) is 4.43. The summed E-state index contributed by atoms with van der Waals surface area (Å²) in [7, 11) is 3.28. The fourth-order valence-electron chi connectivity index (χ4n) is 2.87. The van der Waals surface area contributed by atoms with Crippen LogP contribution < -0.4 is 14.2 Å². The molecule has 0 aliphatic heterocycles. The third kappa shape index (κ3) is 4.93. The first kappa shape index (κ1) is 19.5. The van der Waals surface area contributed by atoms with Crippen LogP contribution in [0, 0.1) is 0 Å². The maximum absolute atomic E-state index is 9.10. The Labute approximate surface area is 165 Å². The standard InChI is InChI=1S/C24H24O4/c1-17(12-19-13-23(26-2)15-24(14-19)27-3)20-6-10-22(11-7-20)28-21-8-4-18(16-25)5-9-21/h4-11,13-15,25H,1,12,16H2,2-3H3. The molecule has 0 fully saturated rings. The Hall–Kier alpha value is -3.24. The molecule has 4 heteroatoms. The molecule has 144 valence electrons. The summed E-state index contributed by atoms with van der Waals surface area (Å²) in [6, 6.07) is 21.0. The monoisotopic (exact) mass is 376 g/mol. The number of allylic oxidation sites excluding steroid dienone is 1. The summed E-state index contributed by atoms with van der Waals surface area (Å²) in [5, 5.41) is 9.10. The van der Waals surface area contributed by atoms with E-state index in [1.165, 1.54) is 0 Å². The van der Waals surface area contributed by atoms with Gasteiger partial charge in [0.1, 0.15) is 23.0 Å². The van der Waals surface area contributed by atoms with Gasteiger partial charge in [-0.2, -0.15) is 0 Å². The Morgan fingerprint density at radius 3 is 1.79 bits per heavy atom. The van der Waals surface area contributed by atoms with Gasteiger partial charge in [-0.1, -0.05) is 30.8 Å². The van der Waals surface area contributed by atoms with Crippen LogP contribution >= 0.6 is 0 Å². The van der Waals surface area contributed by atoms with Gasteiger partial charge in [-0.3, -0.25) is 0 Å². The number of aliphatic hydroxyl groups is 1. The highest BCUT2D eigenvalue weighted by Gasteiger charge is 2.06. The summed E-state index contributed by atoms with van der Waals surface area (Å²) < 4.78 is 16.5. The molecule has 0 amide bonds. The van der Waals surface area contributed by atoms with E-state index < -0.39 is 0 Å². The fraction of sp³-hybridized carbons (Fsp3) is 0.167. The van der Waals surface area contributed by atoms with E-state index in [2.05, 4.69) is 6.58 Å². The van der Waals surface area contributed by atoms with Crippen LogP contribution in [0.2, 0.25) is 0 Å². The summed E-state index contributed by atoms with van der Waals surface area (Å²) in [4.78, 5) is 0. The zero-order valence-corrected chi connectivity index (χ0v) is 16.1. The van der Waals surface area contributed by atoms with Crippen molar-refractivity contribution in [1.82, 2.24) is 0 Å². The van der Waals surface area contributed by atoms with Crippen molar-refractivity contribution in [2.75, 3.05) is 14.2 Å². The van der Waals surface area contributed by atoms with Crippen molar-refractivity contribution in [3.05, 3.63) is 90.0 Å². The molecule has 0 atom stereocenters. The van der Waals surface area contributed by atoms with Gasteiger partial charge in [0.15, 0.2) is 0 Å². The van der Waals surface area contributed by atoms with Crippen LogP contribution in [-0.2, 0) is 13.0 Å². The van der Waals surface area contributed by atoms with E-state index >= 15 is 0 Å². The molecule has 0 bridgehead atoms. The molecule has 0 saturated carbocycles. The van der Waals surface area contributed by atoms with E-state index in [4.69, 9.17) is 19.3 Å².